The maximum atomic E-state index is 12.1. The van der Waals surface area contributed by atoms with Crippen LogP contribution in [0, 0.1) is 0 Å². The van der Waals surface area contributed by atoms with Crippen molar-refractivity contribution in [3.05, 3.63) is 69.3 Å². The number of aromatic carboxylic acids is 1. The van der Waals surface area contributed by atoms with Crippen molar-refractivity contribution in [1.29, 1.82) is 0 Å². The number of carboxylic acids is 1. The molecule has 0 fully saturated rings. The molecule has 0 atom stereocenters. The van der Waals surface area contributed by atoms with Crippen molar-refractivity contribution in [2.24, 2.45) is 0 Å². The van der Waals surface area contributed by atoms with Crippen molar-refractivity contribution in [2.45, 2.75) is 6.54 Å². The van der Waals surface area contributed by atoms with Crippen molar-refractivity contribution < 1.29 is 9.90 Å². The molecule has 5 heteroatoms. The van der Waals surface area contributed by atoms with Gasteiger partial charge < -0.3 is 5.11 Å². The van der Waals surface area contributed by atoms with E-state index < -0.39 is 5.97 Å². The Balaban J connectivity index is 2.13. The summed E-state index contributed by atoms with van der Waals surface area (Å²) in [7, 11) is 0. The zero-order valence-corrected chi connectivity index (χ0v) is 11.3. The van der Waals surface area contributed by atoms with Crippen LogP contribution in [-0.4, -0.2) is 15.6 Å². The van der Waals surface area contributed by atoms with Gasteiger partial charge in [0.2, 0.25) is 0 Å². The molecule has 0 amide bonds. The molecule has 0 bridgehead atoms. The summed E-state index contributed by atoms with van der Waals surface area (Å²) in [5.74, 6) is -0.979. The lowest BCUT2D eigenvalue weighted by Gasteiger charge is -2.07. The highest BCUT2D eigenvalue weighted by Gasteiger charge is 2.12. The van der Waals surface area contributed by atoms with Gasteiger partial charge in [-0.1, -0.05) is 41.7 Å². The maximum absolute atomic E-state index is 12.1. The fourth-order valence-electron chi connectivity index (χ4n) is 2.20. The standard InChI is InChI=1S/C15H11NO3S/c17-14(18)11-6-2-1-5-10(11)9-16-12-7-3-4-8-13(12)20-15(16)19/h1-8H,9H2,(H,17,18). The van der Waals surface area contributed by atoms with E-state index in [0.29, 0.717) is 5.56 Å². The molecule has 20 heavy (non-hydrogen) atoms. The van der Waals surface area contributed by atoms with E-state index in [-0.39, 0.29) is 17.0 Å². The van der Waals surface area contributed by atoms with Gasteiger partial charge >= 0.3 is 10.8 Å². The number of para-hydroxylation sites is 1. The van der Waals surface area contributed by atoms with Gasteiger partial charge in [-0.15, -0.1) is 0 Å². The minimum atomic E-state index is -0.979. The number of hydrogen-bond donors (Lipinski definition) is 1. The Bertz CT molecular complexity index is 847. The number of aromatic nitrogens is 1. The van der Waals surface area contributed by atoms with E-state index in [1.54, 1.807) is 28.8 Å². The first kappa shape index (κ1) is 12.6. The van der Waals surface area contributed by atoms with Gasteiger partial charge in [-0.3, -0.25) is 9.36 Å². The van der Waals surface area contributed by atoms with Crippen LogP contribution in [0.25, 0.3) is 10.2 Å². The molecule has 3 rings (SSSR count). The molecule has 3 aromatic rings. The lowest BCUT2D eigenvalue weighted by molar-refractivity contribution is 0.0695. The summed E-state index contributed by atoms with van der Waals surface area (Å²) in [5, 5.41) is 9.19. The molecule has 0 spiro atoms. The van der Waals surface area contributed by atoms with Gasteiger partial charge in [-0.25, -0.2) is 4.79 Å². The first-order valence-electron chi connectivity index (χ1n) is 6.06. The average molecular weight is 285 g/mol. The van der Waals surface area contributed by atoms with E-state index in [9.17, 15) is 14.7 Å². The summed E-state index contributed by atoms with van der Waals surface area (Å²) >= 11 is 1.17. The van der Waals surface area contributed by atoms with E-state index in [0.717, 1.165) is 10.2 Å². The van der Waals surface area contributed by atoms with Crippen LogP contribution in [0.3, 0.4) is 0 Å². The minimum Gasteiger partial charge on any atom is -0.478 e. The predicted octanol–water partition coefficient (Wildman–Crippen LogP) is 2.81. The van der Waals surface area contributed by atoms with Crippen molar-refractivity contribution in [3.8, 4) is 0 Å². The SMILES string of the molecule is O=C(O)c1ccccc1Cn1c(=O)sc2ccccc21. The van der Waals surface area contributed by atoms with Gasteiger partial charge in [-0.05, 0) is 23.8 Å². The van der Waals surface area contributed by atoms with Crippen LogP contribution < -0.4 is 4.87 Å². The summed E-state index contributed by atoms with van der Waals surface area (Å²) in [6.07, 6.45) is 0. The second-order valence-corrected chi connectivity index (χ2v) is 5.38. The van der Waals surface area contributed by atoms with Crippen molar-refractivity contribution in [3.63, 3.8) is 0 Å². The molecular weight excluding hydrogens is 274 g/mol. The Kier molecular flexibility index (Phi) is 3.12. The van der Waals surface area contributed by atoms with E-state index in [2.05, 4.69) is 0 Å². The van der Waals surface area contributed by atoms with E-state index in [1.165, 1.54) is 11.3 Å². The third-order valence-electron chi connectivity index (χ3n) is 3.15. The lowest BCUT2D eigenvalue weighted by Crippen LogP contribution is -2.15. The molecule has 0 aliphatic rings. The van der Waals surface area contributed by atoms with Crippen molar-refractivity contribution in [2.75, 3.05) is 0 Å². The summed E-state index contributed by atoms with van der Waals surface area (Å²) in [6, 6.07) is 14.3. The normalized spacial score (nSPS) is 10.8. The Morgan fingerprint density at radius 1 is 1.10 bits per heavy atom. The molecule has 0 radical (unpaired) electrons. The first-order chi connectivity index (χ1) is 9.66. The number of benzene rings is 2. The van der Waals surface area contributed by atoms with Gasteiger partial charge in [0.05, 0.1) is 22.3 Å². The third-order valence-corrected chi connectivity index (χ3v) is 4.11. The van der Waals surface area contributed by atoms with Gasteiger partial charge in [0.25, 0.3) is 0 Å². The highest BCUT2D eigenvalue weighted by Crippen LogP contribution is 2.19. The smallest absolute Gasteiger partial charge is 0.336 e. The van der Waals surface area contributed by atoms with Crippen LogP contribution in [0.15, 0.2) is 53.3 Å². The van der Waals surface area contributed by atoms with Crippen LogP contribution >= 0.6 is 11.3 Å². The second-order valence-electron chi connectivity index (χ2n) is 4.38. The summed E-state index contributed by atoms with van der Waals surface area (Å²) in [6.45, 7) is 0.269. The number of carboxylic acid groups (broad SMARTS) is 1. The Morgan fingerprint density at radius 2 is 1.80 bits per heavy atom. The van der Waals surface area contributed by atoms with E-state index in [1.807, 2.05) is 24.3 Å². The highest BCUT2D eigenvalue weighted by atomic mass is 32.1. The Hall–Kier alpha value is -2.40. The number of hydrogen-bond acceptors (Lipinski definition) is 3. The molecule has 0 aliphatic heterocycles. The molecule has 2 aromatic carbocycles. The number of fused-ring (bicyclic) bond motifs is 1. The fraction of sp³-hybridized carbons (Fsp3) is 0.0667. The summed E-state index contributed by atoms with van der Waals surface area (Å²) in [4.78, 5) is 23.2. The van der Waals surface area contributed by atoms with Crippen molar-refractivity contribution in [1.82, 2.24) is 4.57 Å². The quantitative estimate of drug-likeness (QED) is 0.805. The van der Waals surface area contributed by atoms with Gasteiger partial charge in [-0.2, -0.15) is 0 Å². The maximum Gasteiger partial charge on any atom is 0.336 e. The predicted molar refractivity (Wildman–Crippen MR) is 78.6 cm³/mol. The third kappa shape index (κ3) is 2.12. The molecule has 1 heterocycles. The number of thiazole rings is 1. The molecule has 4 nitrogen and oxygen atoms in total. The first-order valence-corrected chi connectivity index (χ1v) is 6.88. The van der Waals surface area contributed by atoms with Crippen LogP contribution in [0.2, 0.25) is 0 Å². The molecule has 0 aliphatic carbocycles. The molecule has 0 unspecified atom stereocenters. The van der Waals surface area contributed by atoms with Crippen LogP contribution in [0.5, 0.6) is 0 Å². The number of carbonyl (C=O) groups is 1. The Morgan fingerprint density at radius 3 is 2.60 bits per heavy atom. The molecule has 0 saturated heterocycles. The largest absolute Gasteiger partial charge is 0.478 e. The summed E-state index contributed by atoms with van der Waals surface area (Å²) in [5.41, 5.74) is 1.70. The van der Waals surface area contributed by atoms with Crippen LogP contribution in [0.4, 0.5) is 0 Å². The van der Waals surface area contributed by atoms with Gasteiger partial charge in [0.15, 0.2) is 0 Å². The van der Waals surface area contributed by atoms with Gasteiger partial charge in [0.1, 0.15) is 0 Å². The Labute approximate surface area is 118 Å². The number of rotatable bonds is 3. The molecule has 1 aromatic heterocycles. The zero-order chi connectivity index (χ0) is 14.1. The van der Waals surface area contributed by atoms with Crippen molar-refractivity contribution >= 4 is 27.5 Å². The average Bonchev–Trinajstić information content (AvgIpc) is 2.76. The highest BCUT2D eigenvalue weighted by molar-refractivity contribution is 7.16. The summed E-state index contributed by atoms with van der Waals surface area (Å²) < 4.78 is 2.52. The monoisotopic (exact) mass is 285 g/mol. The van der Waals surface area contributed by atoms with Gasteiger partial charge in [0, 0.05) is 0 Å². The lowest BCUT2D eigenvalue weighted by atomic mass is 10.1. The van der Waals surface area contributed by atoms with Crippen LogP contribution in [-0.2, 0) is 6.54 Å². The number of nitrogens with zero attached hydrogens (tertiary/aromatic N) is 1. The fourth-order valence-corrected chi connectivity index (χ4v) is 3.09. The van der Waals surface area contributed by atoms with Crippen LogP contribution in [0.1, 0.15) is 15.9 Å². The molecule has 1 N–H and O–H groups in total. The molecule has 100 valence electrons. The zero-order valence-electron chi connectivity index (χ0n) is 10.4. The topological polar surface area (TPSA) is 59.3 Å². The minimum absolute atomic E-state index is 0.0774. The van der Waals surface area contributed by atoms with E-state index in [4.69, 9.17) is 0 Å². The molecular formula is C15H11NO3S. The molecule has 0 saturated carbocycles. The van der Waals surface area contributed by atoms with E-state index >= 15 is 0 Å². The second kappa shape index (κ2) is 4.94.